The monoisotopic (exact) mass is 430 g/mol. The van der Waals surface area contributed by atoms with Crippen LogP contribution in [0.3, 0.4) is 0 Å². The van der Waals surface area contributed by atoms with Crippen molar-refractivity contribution in [3.63, 3.8) is 0 Å². The molecule has 2 aromatic carbocycles. The van der Waals surface area contributed by atoms with Crippen LogP contribution in [-0.2, 0) is 16.6 Å². The van der Waals surface area contributed by atoms with Crippen LogP contribution >= 0.6 is 0 Å². The summed E-state index contributed by atoms with van der Waals surface area (Å²) in [6, 6.07) is 12.8. The fraction of sp³-hybridized carbons (Fsp3) is 0.333. The van der Waals surface area contributed by atoms with Crippen molar-refractivity contribution >= 4 is 10.0 Å². The van der Waals surface area contributed by atoms with Crippen LogP contribution in [0.5, 0.6) is 0 Å². The summed E-state index contributed by atoms with van der Waals surface area (Å²) < 4.78 is 46.1. The molecule has 1 aromatic heterocycles. The minimum absolute atomic E-state index is 0.108. The molecule has 2 heterocycles. The predicted molar refractivity (Wildman–Crippen MR) is 110 cm³/mol. The topological polar surface area (TPSA) is 79.5 Å². The lowest BCUT2D eigenvalue weighted by Crippen LogP contribution is -2.35. The van der Waals surface area contributed by atoms with Gasteiger partial charge in [-0.05, 0) is 56.3 Å². The lowest BCUT2D eigenvalue weighted by atomic mass is 10.1. The number of aromatic nitrogens is 2. The van der Waals surface area contributed by atoms with Gasteiger partial charge in [-0.25, -0.2) is 12.8 Å². The number of hydrogen-bond donors (Lipinski definition) is 0. The highest BCUT2D eigenvalue weighted by Gasteiger charge is 2.27. The van der Waals surface area contributed by atoms with Gasteiger partial charge in [-0.2, -0.15) is 4.31 Å². The van der Waals surface area contributed by atoms with Crippen LogP contribution in [0, 0.1) is 12.7 Å². The fourth-order valence-corrected chi connectivity index (χ4v) is 4.97. The van der Waals surface area contributed by atoms with Gasteiger partial charge in [-0.1, -0.05) is 17.7 Å². The first-order valence-electron chi connectivity index (χ1n) is 9.79. The average Bonchev–Trinajstić information content (AvgIpc) is 3.05. The zero-order valence-electron chi connectivity index (χ0n) is 16.7. The Morgan fingerprint density at radius 3 is 2.60 bits per heavy atom. The van der Waals surface area contributed by atoms with Gasteiger partial charge < -0.3 is 4.42 Å². The molecule has 9 heteroatoms. The molecule has 3 aromatic rings. The lowest BCUT2D eigenvalue weighted by Gasteiger charge is -2.21. The molecule has 0 aliphatic carbocycles. The van der Waals surface area contributed by atoms with Crippen molar-refractivity contribution < 1.29 is 17.2 Å². The minimum atomic E-state index is -3.65. The Morgan fingerprint density at radius 1 is 1.03 bits per heavy atom. The van der Waals surface area contributed by atoms with Crippen LogP contribution in [0.4, 0.5) is 4.39 Å². The first-order valence-corrected chi connectivity index (χ1v) is 11.2. The zero-order chi connectivity index (χ0) is 21.1. The Bertz CT molecular complexity index is 1120. The predicted octanol–water partition coefficient (Wildman–Crippen LogP) is 3.08. The molecule has 4 rings (SSSR count). The first kappa shape index (κ1) is 20.6. The van der Waals surface area contributed by atoms with E-state index in [0.29, 0.717) is 44.4 Å². The largest absolute Gasteiger partial charge is 0.419 e. The minimum Gasteiger partial charge on any atom is -0.419 e. The maximum Gasteiger partial charge on any atom is 0.247 e. The van der Waals surface area contributed by atoms with E-state index in [1.165, 1.54) is 28.6 Å². The molecule has 0 bridgehead atoms. The molecule has 0 unspecified atom stereocenters. The van der Waals surface area contributed by atoms with Crippen LogP contribution in [0.25, 0.3) is 11.5 Å². The third kappa shape index (κ3) is 4.58. The van der Waals surface area contributed by atoms with E-state index in [-0.39, 0.29) is 4.90 Å². The Balaban J connectivity index is 1.41. The highest BCUT2D eigenvalue weighted by molar-refractivity contribution is 7.89. The van der Waals surface area contributed by atoms with Crippen molar-refractivity contribution in [3.05, 3.63) is 65.8 Å². The lowest BCUT2D eigenvalue weighted by molar-refractivity contribution is 0.251. The van der Waals surface area contributed by atoms with Gasteiger partial charge in [-0.15, -0.1) is 10.2 Å². The van der Waals surface area contributed by atoms with Crippen LogP contribution in [0.2, 0.25) is 0 Å². The molecule has 0 amide bonds. The van der Waals surface area contributed by atoms with E-state index < -0.39 is 15.8 Å². The highest BCUT2D eigenvalue weighted by atomic mass is 32.2. The molecule has 0 atom stereocenters. The molecular weight excluding hydrogens is 407 g/mol. The number of sulfonamides is 1. The third-order valence-electron chi connectivity index (χ3n) is 5.09. The van der Waals surface area contributed by atoms with Gasteiger partial charge in [0, 0.05) is 25.2 Å². The van der Waals surface area contributed by atoms with Crippen molar-refractivity contribution in [1.82, 2.24) is 19.4 Å². The average molecular weight is 431 g/mol. The number of rotatable bonds is 5. The molecule has 30 heavy (non-hydrogen) atoms. The second-order valence-corrected chi connectivity index (χ2v) is 9.30. The van der Waals surface area contributed by atoms with Crippen LogP contribution in [0.15, 0.2) is 57.8 Å². The molecule has 0 radical (unpaired) electrons. The van der Waals surface area contributed by atoms with Crippen molar-refractivity contribution in [1.29, 1.82) is 0 Å². The Kier molecular flexibility index (Phi) is 5.94. The number of benzene rings is 2. The Hall–Kier alpha value is -2.62. The van der Waals surface area contributed by atoms with E-state index in [1.54, 1.807) is 0 Å². The quantitative estimate of drug-likeness (QED) is 0.619. The molecule has 7 nitrogen and oxygen atoms in total. The molecule has 1 aliphatic rings. The van der Waals surface area contributed by atoms with Gasteiger partial charge in [0.25, 0.3) is 0 Å². The van der Waals surface area contributed by atoms with E-state index in [1.807, 2.05) is 31.2 Å². The SMILES string of the molecule is Cc1cccc(-c2nnc(CN3CCCN(S(=O)(=O)c4ccc(F)cc4)CC3)o2)c1. The van der Waals surface area contributed by atoms with E-state index in [2.05, 4.69) is 15.1 Å². The molecule has 1 fully saturated rings. The van der Waals surface area contributed by atoms with Gasteiger partial charge in [0.05, 0.1) is 11.4 Å². The molecule has 0 N–H and O–H groups in total. The van der Waals surface area contributed by atoms with Gasteiger partial charge >= 0.3 is 0 Å². The van der Waals surface area contributed by atoms with Crippen LogP contribution in [-0.4, -0.2) is 54.0 Å². The van der Waals surface area contributed by atoms with Gasteiger partial charge in [0.2, 0.25) is 21.8 Å². The molecule has 1 saturated heterocycles. The summed E-state index contributed by atoms with van der Waals surface area (Å²) in [7, 11) is -3.65. The molecule has 0 saturated carbocycles. The standard InChI is InChI=1S/C21H23FN4O3S/c1-16-4-2-5-17(14-16)21-24-23-20(29-21)15-25-10-3-11-26(13-12-25)30(27,28)19-8-6-18(22)7-9-19/h2,4-9,14H,3,10-13,15H2,1H3. The first-order chi connectivity index (χ1) is 14.4. The maximum absolute atomic E-state index is 13.1. The molecule has 158 valence electrons. The van der Waals surface area contributed by atoms with Crippen LogP contribution in [0.1, 0.15) is 17.9 Å². The van der Waals surface area contributed by atoms with E-state index in [9.17, 15) is 12.8 Å². The summed E-state index contributed by atoms with van der Waals surface area (Å²) in [6.45, 7) is 4.49. The summed E-state index contributed by atoms with van der Waals surface area (Å²) >= 11 is 0. The second-order valence-electron chi connectivity index (χ2n) is 7.36. The normalized spacial score (nSPS) is 16.5. The molecule has 1 aliphatic heterocycles. The Morgan fingerprint density at radius 2 is 1.83 bits per heavy atom. The van der Waals surface area contributed by atoms with Crippen molar-refractivity contribution in [3.8, 4) is 11.5 Å². The summed E-state index contributed by atoms with van der Waals surface area (Å²) in [5.41, 5.74) is 1.99. The van der Waals surface area contributed by atoms with Crippen molar-refractivity contribution in [2.24, 2.45) is 0 Å². The summed E-state index contributed by atoms with van der Waals surface area (Å²) in [5, 5.41) is 8.28. The molecule has 0 spiro atoms. The number of hydrogen-bond acceptors (Lipinski definition) is 6. The number of halogens is 1. The number of aryl methyl sites for hydroxylation is 1. The van der Waals surface area contributed by atoms with Gasteiger partial charge in [0.15, 0.2) is 0 Å². The van der Waals surface area contributed by atoms with Crippen molar-refractivity contribution in [2.45, 2.75) is 24.8 Å². The zero-order valence-corrected chi connectivity index (χ0v) is 17.5. The van der Waals surface area contributed by atoms with Crippen LogP contribution < -0.4 is 0 Å². The summed E-state index contributed by atoms with van der Waals surface area (Å²) in [4.78, 5) is 2.21. The highest BCUT2D eigenvalue weighted by Crippen LogP contribution is 2.21. The van der Waals surface area contributed by atoms with E-state index in [4.69, 9.17) is 4.42 Å². The number of nitrogens with zero attached hydrogens (tertiary/aromatic N) is 4. The fourth-order valence-electron chi connectivity index (χ4n) is 3.50. The Labute approximate surface area is 175 Å². The van der Waals surface area contributed by atoms with Gasteiger partial charge in [-0.3, -0.25) is 4.90 Å². The van der Waals surface area contributed by atoms with Gasteiger partial charge in [0.1, 0.15) is 5.82 Å². The molecular formula is C21H23FN4O3S. The second kappa shape index (κ2) is 8.63. The smallest absolute Gasteiger partial charge is 0.247 e. The third-order valence-corrected chi connectivity index (χ3v) is 7.00. The van der Waals surface area contributed by atoms with E-state index >= 15 is 0 Å². The van der Waals surface area contributed by atoms with E-state index in [0.717, 1.165) is 17.7 Å². The summed E-state index contributed by atoms with van der Waals surface area (Å²) in [6.07, 6.45) is 0.680. The van der Waals surface area contributed by atoms with Crippen molar-refractivity contribution in [2.75, 3.05) is 26.2 Å². The summed E-state index contributed by atoms with van der Waals surface area (Å²) in [5.74, 6) is 0.519. The maximum atomic E-state index is 13.1.